The van der Waals surface area contributed by atoms with Crippen molar-refractivity contribution in [3.05, 3.63) is 47.0 Å². The fourth-order valence-corrected chi connectivity index (χ4v) is 2.59. The van der Waals surface area contributed by atoms with Gasteiger partial charge in [0.15, 0.2) is 0 Å². The lowest BCUT2D eigenvalue weighted by atomic mass is 10.1. The maximum absolute atomic E-state index is 12.6. The molecule has 2 aromatic heterocycles. The van der Waals surface area contributed by atoms with Crippen LogP contribution in [0.1, 0.15) is 6.92 Å². The van der Waals surface area contributed by atoms with Crippen LogP contribution in [0.2, 0.25) is 0 Å². The largest absolute Gasteiger partial charge is 0.344 e. The van der Waals surface area contributed by atoms with Gasteiger partial charge in [-0.3, -0.25) is 14.5 Å². The van der Waals surface area contributed by atoms with E-state index in [0.29, 0.717) is 5.56 Å². The topological polar surface area (TPSA) is 64.2 Å². The highest BCUT2D eigenvalue weighted by Gasteiger charge is 2.11. The Morgan fingerprint density at radius 2 is 2.04 bits per heavy atom. The molecule has 0 atom stereocenters. The zero-order chi connectivity index (χ0) is 16.6. The highest BCUT2D eigenvalue weighted by Crippen LogP contribution is 2.23. The molecule has 0 saturated heterocycles. The summed E-state index contributed by atoms with van der Waals surface area (Å²) in [6.07, 6.45) is 3.55. The Labute approximate surface area is 134 Å². The van der Waals surface area contributed by atoms with Crippen LogP contribution in [-0.4, -0.2) is 27.2 Å². The number of amidine groups is 1. The van der Waals surface area contributed by atoms with Gasteiger partial charge in [-0.05, 0) is 31.2 Å². The number of benzene rings is 1. The van der Waals surface area contributed by atoms with E-state index in [1.807, 2.05) is 44.4 Å². The van der Waals surface area contributed by atoms with E-state index >= 15 is 0 Å². The van der Waals surface area contributed by atoms with E-state index in [-0.39, 0.29) is 5.56 Å². The molecular weight excluding hydrogens is 290 g/mol. The van der Waals surface area contributed by atoms with Gasteiger partial charge in [0.05, 0.1) is 23.1 Å². The van der Waals surface area contributed by atoms with E-state index < -0.39 is 0 Å². The number of pyridine rings is 1. The van der Waals surface area contributed by atoms with E-state index in [9.17, 15) is 4.79 Å². The number of aliphatic imine (C=N–C) groups is 1. The van der Waals surface area contributed by atoms with E-state index in [1.165, 1.54) is 0 Å². The van der Waals surface area contributed by atoms with Gasteiger partial charge in [0.1, 0.15) is 0 Å². The first-order chi connectivity index (χ1) is 11.0. The molecule has 0 aliphatic carbocycles. The molecule has 1 N–H and O–H groups in total. The van der Waals surface area contributed by atoms with Crippen LogP contribution in [0, 0.1) is 0 Å². The van der Waals surface area contributed by atoms with Crippen LogP contribution in [0.25, 0.3) is 22.0 Å². The van der Waals surface area contributed by atoms with Gasteiger partial charge in [-0.1, -0.05) is 0 Å². The van der Waals surface area contributed by atoms with Crippen LogP contribution in [0.3, 0.4) is 0 Å². The third kappa shape index (κ3) is 2.75. The summed E-state index contributed by atoms with van der Waals surface area (Å²) in [6, 6.07) is 7.82. The van der Waals surface area contributed by atoms with Gasteiger partial charge in [0.2, 0.25) is 0 Å². The van der Waals surface area contributed by atoms with Crippen molar-refractivity contribution >= 4 is 22.4 Å². The summed E-state index contributed by atoms with van der Waals surface area (Å²) in [5.41, 5.74) is 3.26. The van der Waals surface area contributed by atoms with Crippen molar-refractivity contribution in [2.45, 2.75) is 6.92 Å². The van der Waals surface area contributed by atoms with E-state index in [1.54, 1.807) is 29.5 Å². The molecule has 0 aliphatic rings. The van der Waals surface area contributed by atoms with Gasteiger partial charge < -0.3 is 9.88 Å². The van der Waals surface area contributed by atoms with Crippen molar-refractivity contribution in [3.63, 3.8) is 0 Å². The molecule has 23 heavy (non-hydrogen) atoms. The highest BCUT2D eigenvalue weighted by molar-refractivity contribution is 5.96. The second-order valence-corrected chi connectivity index (χ2v) is 5.53. The number of anilines is 1. The second-order valence-electron chi connectivity index (χ2n) is 5.53. The molecule has 0 radical (unpaired) electrons. The van der Waals surface area contributed by atoms with Crippen molar-refractivity contribution < 1.29 is 0 Å². The van der Waals surface area contributed by atoms with Crippen molar-refractivity contribution in [1.82, 2.24) is 14.3 Å². The molecule has 6 nitrogen and oxygen atoms in total. The Morgan fingerprint density at radius 3 is 2.70 bits per heavy atom. The molecule has 0 unspecified atom stereocenters. The Balaban J connectivity index is 2.19. The number of rotatable bonds is 2. The number of fused-ring (bicyclic) bond motifs is 1. The fourth-order valence-electron chi connectivity index (χ4n) is 2.59. The summed E-state index contributed by atoms with van der Waals surface area (Å²) in [5.74, 6) is 0.835. The monoisotopic (exact) mass is 309 g/mol. The van der Waals surface area contributed by atoms with Gasteiger partial charge in [-0.15, -0.1) is 0 Å². The maximum atomic E-state index is 12.6. The highest BCUT2D eigenvalue weighted by atomic mass is 16.1. The second kappa shape index (κ2) is 5.72. The molecule has 118 valence electrons. The van der Waals surface area contributed by atoms with Crippen LogP contribution < -0.4 is 10.9 Å². The Morgan fingerprint density at radius 1 is 1.26 bits per heavy atom. The molecule has 0 aliphatic heterocycles. The Hall–Kier alpha value is -2.89. The zero-order valence-electron chi connectivity index (χ0n) is 13.7. The van der Waals surface area contributed by atoms with Crippen LogP contribution in [0.15, 0.2) is 46.4 Å². The van der Waals surface area contributed by atoms with Gasteiger partial charge >= 0.3 is 0 Å². The number of aryl methyl sites for hydroxylation is 2. The lowest BCUT2D eigenvalue weighted by molar-refractivity contribution is 0.768. The predicted octanol–water partition coefficient (Wildman–Crippen LogP) is 2.40. The average Bonchev–Trinajstić information content (AvgIpc) is 2.97. The number of nitrogens with zero attached hydrogens (tertiary/aromatic N) is 4. The molecule has 0 amide bonds. The van der Waals surface area contributed by atoms with Crippen molar-refractivity contribution in [1.29, 1.82) is 0 Å². The van der Waals surface area contributed by atoms with E-state index in [4.69, 9.17) is 0 Å². The van der Waals surface area contributed by atoms with Crippen LogP contribution >= 0.6 is 0 Å². The summed E-state index contributed by atoms with van der Waals surface area (Å²) in [5, 5.41) is 8.37. The van der Waals surface area contributed by atoms with Gasteiger partial charge in [-0.2, -0.15) is 5.10 Å². The molecule has 0 fully saturated rings. The Bertz CT molecular complexity index is 965. The predicted molar refractivity (Wildman–Crippen MR) is 94.0 cm³/mol. The number of hydrogen-bond donors (Lipinski definition) is 1. The summed E-state index contributed by atoms with van der Waals surface area (Å²) >= 11 is 0. The number of aromatic nitrogens is 3. The minimum atomic E-state index is -0.0301. The summed E-state index contributed by atoms with van der Waals surface area (Å²) in [6.45, 7) is 1.91. The zero-order valence-corrected chi connectivity index (χ0v) is 13.7. The normalized spacial score (nSPS) is 11.9. The lowest BCUT2D eigenvalue weighted by Gasteiger charge is -2.11. The molecule has 0 bridgehead atoms. The van der Waals surface area contributed by atoms with Gasteiger partial charge in [0, 0.05) is 44.0 Å². The standard InChI is InChI=1S/C17H19N5O/c1-11(18-2)20-14-5-6-16-12(7-14)8-15(17(23)22(16)4)13-9-19-21(3)10-13/h5-10H,1-4H3,(H,18,20). The van der Waals surface area contributed by atoms with Crippen LogP contribution in [-0.2, 0) is 14.1 Å². The van der Waals surface area contributed by atoms with Crippen molar-refractivity contribution in [3.8, 4) is 11.1 Å². The quantitative estimate of drug-likeness (QED) is 0.584. The lowest BCUT2D eigenvalue weighted by Crippen LogP contribution is -2.18. The third-order valence-electron chi connectivity index (χ3n) is 3.90. The molecule has 1 aromatic carbocycles. The van der Waals surface area contributed by atoms with Crippen LogP contribution in [0.5, 0.6) is 0 Å². The summed E-state index contributed by atoms with van der Waals surface area (Å²) in [7, 11) is 5.37. The molecule has 6 heteroatoms. The van der Waals surface area contributed by atoms with Crippen molar-refractivity contribution in [2.24, 2.45) is 19.1 Å². The molecule has 3 aromatic rings. The minimum Gasteiger partial charge on any atom is -0.344 e. The molecule has 3 rings (SSSR count). The Kier molecular flexibility index (Phi) is 3.73. The summed E-state index contributed by atoms with van der Waals surface area (Å²) in [4.78, 5) is 16.7. The SMILES string of the molecule is C/N=C(\C)Nc1ccc2c(c1)cc(-c1cnn(C)c1)c(=O)n2C. The number of nitrogens with one attached hydrogen (secondary N) is 1. The van der Waals surface area contributed by atoms with E-state index in [2.05, 4.69) is 15.4 Å². The van der Waals surface area contributed by atoms with Crippen LogP contribution in [0.4, 0.5) is 5.69 Å². The first kappa shape index (κ1) is 15.0. The third-order valence-corrected chi connectivity index (χ3v) is 3.90. The molecule has 0 saturated carbocycles. The summed E-state index contributed by atoms with van der Waals surface area (Å²) < 4.78 is 3.36. The molecular formula is C17H19N5O. The molecule has 2 heterocycles. The average molecular weight is 309 g/mol. The fraction of sp³-hybridized carbons (Fsp3) is 0.235. The van der Waals surface area contributed by atoms with E-state index in [0.717, 1.165) is 28.0 Å². The van der Waals surface area contributed by atoms with Gasteiger partial charge in [0.25, 0.3) is 5.56 Å². The van der Waals surface area contributed by atoms with Gasteiger partial charge in [-0.25, -0.2) is 0 Å². The van der Waals surface area contributed by atoms with Crippen molar-refractivity contribution in [2.75, 3.05) is 12.4 Å². The maximum Gasteiger partial charge on any atom is 0.258 e. The first-order valence-corrected chi connectivity index (χ1v) is 7.33. The first-order valence-electron chi connectivity index (χ1n) is 7.33. The number of hydrogen-bond acceptors (Lipinski definition) is 3. The molecule has 0 spiro atoms. The minimum absolute atomic E-state index is 0.0301. The smallest absolute Gasteiger partial charge is 0.258 e.